The number of rotatable bonds is 9. The van der Waals surface area contributed by atoms with Crippen LogP contribution in [0.15, 0.2) is 59.2 Å². The van der Waals surface area contributed by atoms with Gasteiger partial charge in [0.1, 0.15) is 12.0 Å². The Kier molecular flexibility index (Phi) is 8.08. The Morgan fingerprint density at radius 2 is 1.61 bits per heavy atom. The first-order chi connectivity index (χ1) is 17.7. The van der Waals surface area contributed by atoms with Crippen LogP contribution in [-0.2, 0) is 19.6 Å². The number of likely N-dealkylation sites (tertiary alicyclic amines) is 1. The maximum atomic E-state index is 6.07. The largest absolute Gasteiger partial charge is 0.497 e. The second-order valence-electron chi connectivity index (χ2n) is 10.1. The van der Waals surface area contributed by atoms with Crippen molar-refractivity contribution in [2.75, 3.05) is 63.2 Å². The van der Waals surface area contributed by atoms with Crippen molar-refractivity contribution in [3.8, 4) is 5.75 Å². The van der Waals surface area contributed by atoms with Gasteiger partial charge in [-0.25, -0.2) is 0 Å². The van der Waals surface area contributed by atoms with Gasteiger partial charge in [-0.2, -0.15) is 4.98 Å². The molecule has 0 N–H and O–H groups in total. The molecule has 2 aliphatic rings. The van der Waals surface area contributed by atoms with E-state index in [0.29, 0.717) is 12.6 Å². The monoisotopic (exact) mass is 489 g/mol. The number of benzene rings is 2. The molecule has 7 nitrogen and oxygen atoms in total. The molecule has 0 saturated carbocycles. The van der Waals surface area contributed by atoms with Gasteiger partial charge in [-0.3, -0.25) is 4.90 Å². The molecule has 36 heavy (non-hydrogen) atoms. The minimum Gasteiger partial charge on any atom is -0.497 e. The smallest absolute Gasteiger partial charge is 0.298 e. The van der Waals surface area contributed by atoms with E-state index in [4.69, 9.17) is 14.1 Å². The summed E-state index contributed by atoms with van der Waals surface area (Å²) < 4.78 is 11.5. The average molecular weight is 490 g/mol. The van der Waals surface area contributed by atoms with E-state index in [-0.39, 0.29) is 0 Å². The van der Waals surface area contributed by atoms with E-state index in [0.717, 1.165) is 63.8 Å². The minimum atomic E-state index is 0.676. The van der Waals surface area contributed by atoms with Crippen molar-refractivity contribution in [1.29, 1.82) is 0 Å². The Labute approximate surface area is 215 Å². The summed E-state index contributed by atoms with van der Waals surface area (Å²) in [5, 5.41) is 0. The Bertz CT molecular complexity index is 1100. The lowest BCUT2D eigenvalue weighted by Gasteiger charge is -2.34. The first-order valence-corrected chi connectivity index (χ1v) is 13.2. The van der Waals surface area contributed by atoms with Gasteiger partial charge in [0.05, 0.1) is 12.8 Å². The molecule has 2 fully saturated rings. The van der Waals surface area contributed by atoms with Crippen LogP contribution in [0.1, 0.15) is 36.1 Å². The van der Waals surface area contributed by atoms with Gasteiger partial charge in [0.25, 0.3) is 6.01 Å². The summed E-state index contributed by atoms with van der Waals surface area (Å²) in [6, 6.07) is 17.8. The third-order valence-corrected chi connectivity index (χ3v) is 7.30. The molecule has 2 aliphatic heterocycles. The Morgan fingerprint density at radius 1 is 0.889 bits per heavy atom. The average Bonchev–Trinajstić information content (AvgIpc) is 3.38. The van der Waals surface area contributed by atoms with E-state index in [2.05, 4.69) is 63.0 Å². The topological polar surface area (TPSA) is 48.2 Å². The maximum absolute atomic E-state index is 6.07. The molecule has 2 aromatic carbocycles. The van der Waals surface area contributed by atoms with Crippen LogP contribution in [0.5, 0.6) is 5.75 Å². The quantitative estimate of drug-likeness (QED) is 0.434. The van der Waals surface area contributed by atoms with Crippen molar-refractivity contribution < 1.29 is 9.15 Å². The lowest BCUT2D eigenvalue weighted by atomic mass is 10.1. The summed E-state index contributed by atoms with van der Waals surface area (Å²) in [5.41, 5.74) is 4.72. The molecule has 5 rings (SSSR count). The van der Waals surface area contributed by atoms with Gasteiger partial charge in [0, 0.05) is 51.5 Å². The maximum Gasteiger partial charge on any atom is 0.298 e. The van der Waals surface area contributed by atoms with Crippen molar-refractivity contribution in [2.45, 2.75) is 38.9 Å². The molecule has 7 heteroatoms. The Hall–Kier alpha value is -3.03. The highest BCUT2D eigenvalue weighted by Gasteiger charge is 2.19. The van der Waals surface area contributed by atoms with Crippen molar-refractivity contribution in [3.05, 3.63) is 71.6 Å². The van der Waals surface area contributed by atoms with Gasteiger partial charge in [0.2, 0.25) is 0 Å². The lowest BCUT2D eigenvalue weighted by molar-refractivity contribution is 0.218. The molecule has 2 saturated heterocycles. The molecule has 0 unspecified atom stereocenters. The van der Waals surface area contributed by atoms with Crippen molar-refractivity contribution >= 4 is 11.7 Å². The normalized spacial score (nSPS) is 17.3. The van der Waals surface area contributed by atoms with E-state index in [9.17, 15) is 0 Å². The summed E-state index contributed by atoms with van der Waals surface area (Å²) in [4.78, 5) is 14.5. The van der Waals surface area contributed by atoms with E-state index in [1.54, 1.807) is 7.11 Å². The Balaban J connectivity index is 1.35. The number of anilines is 2. The number of oxazole rings is 1. The van der Waals surface area contributed by atoms with Crippen LogP contribution in [-0.4, -0.2) is 68.2 Å². The van der Waals surface area contributed by atoms with Gasteiger partial charge in [-0.15, -0.1) is 0 Å². The zero-order valence-electron chi connectivity index (χ0n) is 21.7. The number of nitrogens with zero attached hydrogens (tertiary/aromatic N) is 5. The molecule has 0 aliphatic carbocycles. The number of ether oxygens (including phenoxy) is 1. The van der Waals surface area contributed by atoms with Crippen molar-refractivity contribution in [1.82, 2.24) is 14.8 Å². The third kappa shape index (κ3) is 6.39. The molecule has 192 valence electrons. The van der Waals surface area contributed by atoms with E-state index in [1.165, 1.54) is 36.1 Å². The minimum absolute atomic E-state index is 0.676. The number of methoxy groups -OCH3 is 1. The van der Waals surface area contributed by atoms with E-state index >= 15 is 0 Å². The SMILES string of the molecule is COc1cccc(CN(Cc2cccc(N3CCN(C)CC3)c2)c2nc(CN3CCCCC3)co2)c1. The Morgan fingerprint density at radius 3 is 2.36 bits per heavy atom. The van der Waals surface area contributed by atoms with Crippen LogP contribution >= 0.6 is 0 Å². The van der Waals surface area contributed by atoms with Gasteiger partial charge in [-0.05, 0) is 68.4 Å². The molecular formula is C29H39N5O2. The van der Waals surface area contributed by atoms with Crippen LogP contribution in [0.4, 0.5) is 11.7 Å². The summed E-state index contributed by atoms with van der Waals surface area (Å²) in [5.74, 6) is 0.864. The van der Waals surface area contributed by atoms with E-state index < -0.39 is 0 Å². The standard InChI is InChI=1S/C29H39N5O2/c1-31-14-16-33(17-15-31)27-10-6-8-24(18-27)20-34(21-25-9-7-11-28(19-25)35-2)29-30-26(23-36-29)22-32-12-4-3-5-13-32/h6-11,18-19,23H,3-5,12-17,20-22H2,1-2H3. The molecule has 0 atom stereocenters. The fourth-order valence-corrected chi connectivity index (χ4v) is 5.18. The van der Waals surface area contributed by atoms with Crippen LogP contribution in [0, 0.1) is 0 Å². The summed E-state index contributed by atoms with van der Waals surface area (Å²) in [6.45, 7) is 8.89. The van der Waals surface area contributed by atoms with Gasteiger partial charge in [-0.1, -0.05) is 30.7 Å². The predicted molar refractivity (Wildman–Crippen MR) is 145 cm³/mol. The molecule has 3 aromatic rings. The van der Waals surface area contributed by atoms with Crippen LogP contribution in [0.25, 0.3) is 0 Å². The number of hydrogen-bond donors (Lipinski definition) is 0. The zero-order chi connectivity index (χ0) is 24.7. The molecule has 0 bridgehead atoms. The molecule has 0 amide bonds. The highest BCUT2D eigenvalue weighted by Crippen LogP contribution is 2.25. The van der Waals surface area contributed by atoms with Gasteiger partial charge in [0.15, 0.2) is 0 Å². The highest BCUT2D eigenvalue weighted by atomic mass is 16.5. The van der Waals surface area contributed by atoms with E-state index in [1.807, 2.05) is 18.4 Å². The molecule has 0 spiro atoms. The molecule has 3 heterocycles. The van der Waals surface area contributed by atoms with Crippen LogP contribution < -0.4 is 14.5 Å². The fourth-order valence-electron chi connectivity index (χ4n) is 5.18. The summed E-state index contributed by atoms with van der Waals surface area (Å²) in [7, 11) is 3.90. The van der Waals surface area contributed by atoms with Crippen LogP contribution in [0.2, 0.25) is 0 Å². The first-order valence-electron chi connectivity index (χ1n) is 13.2. The lowest BCUT2D eigenvalue weighted by Crippen LogP contribution is -2.44. The van der Waals surface area contributed by atoms with Crippen molar-refractivity contribution in [3.63, 3.8) is 0 Å². The number of piperidine rings is 1. The molecule has 0 radical (unpaired) electrons. The summed E-state index contributed by atoms with van der Waals surface area (Å²) >= 11 is 0. The van der Waals surface area contributed by atoms with Gasteiger partial charge >= 0.3 is 0 Å². The number of piperazine rings is 1. The second-order valence-corrected chi connectivity index (χ2v) is 10.1. The first kappa shape index (κ1) is 24.7. The van der Waals surface area contributed by atoms with Gasteiger partial charge < -0.3 is 23.9 Å². The summed E-state index contributed by atoms with van der Waals surface area (Å²) in [6.07, 6.45) is 5.72. The highest BCUT2D eigenvalue weighted by molar-refractivity contribution is 5.50. The molecular weight excluding hydrogens is 450 g/mol. The molecule has 1 aromatic heterocycles. The second kappa shape index (κ2) is 11.8. The zero-order valence-corrected chi connectivity index (χ0v) is 21.7. The van der Waals surface area contributed by atoms with Crippen LogP contribution in [0.3, 0.4) is 0 Å². The number of aromatic nitrogens is 1. The third-order valence-electron chi connectivity index (χ3n) is 7.30. The number of likely N-dealkylation sites (N-methyl/N-ethyl adjacent to an activating group) is 1. The number of hydrogen-bond acceptors (Lipinski definition) is 7. The van der Waals surface area contributed by atoms with Crippen molar-refractivity contribution in [2.24, 2.45) is 0 Å². The predicted octanol–water partition coefficient (Wildman–Crippen LogP) is 4.63. The fraction of sp³-hybridized carbons (Fsp3) is 0.483.